The van der Waals surface area contributed by atoms with Crippen LogP contribution in [0.25, 0.3) is 0 Å². The Morgan fingerprint density at radius 1 is 1.38 bits per heavy atom. The van der Waals surface area contributed by atoms with Crippen LogP contribution in [0.15, 0.2) is 11.8 Å². The predicted molar refractivity (Wildman–Crippen MR) is 48.8 cm³/mol. The minimum atomic E-state index is -0.471. The van der Waals surface area contributed by atoms with Crippen LogP contribution in [-0.4, -0.2) is 19.0 Å². The van der Waals surface area contributed by atoms with E-state index in [1.807, 2.05) is 0 Å². The van der Waals surface area contributed by atoms with Crippen LogP contribution in [0.3, 0.4) is 0 Å². The number of carbonyl (C=O) groups is 2. The zero-order valence-corrected chi connectivity index (χ0v) is 8.38. The van der Waals surface area contributed by atoms with E-state index < -0.39 is 5.97 Å². The van der Waals surface area contributed by atoms with Gasteiger partial charge in [0, 0.05) is 17.7 Å². The van der Waals surface area contributed by atoms with Crippen molar-refractivity contribution in [3.05, 3.63) is 11.8 Å². The molecule has 0 spiro atoms. The molecule has 0 atom stereocenters. The molecule has 1 amide bonds. The van der Waals surface area contributed by atoms with E-state index in [0.717, 1.165) is 0 Å². The number of methoxy groups -OCH3 is 1. The fraction of sp³-hybridized carbons (Fsp3) is 0.556. The van der Waals surface area contributed by atoms with E-state index in [2.05, 4.69) is 10.1 Å². The van der Waals surface area contributed by atoms with Gasteiger partial charge in [0.05, 0.1) is 7.11 Å². The van der Waals surface area contributed by atoms with Crippen molar-refractivity contribution in [2.75, 3.05) is 7.11 Å². The van der Waals surface area contributed by atoms with Crippen molar-refractivity contribution >= 4 is 11.9 Å². The number of nitrogens with one attached hydrogen (secondary N) is 1. The summed E-state index contributed by atoms with van der Waals surface area (Å²) < 4.78 is 4.40. The van der Waals surface area contributed by atoms with Gasteiger partial charge in [0.25, 0.3) is 0 Å². The lowest BCUT2D eigenvalue weighted by Gasteiger charge is -2.06. The van der Waals surface area contributed by atoms with Crippen LogP contribution in [0, 0.1) is 5.92 Å². The highest BCUT2D eigenvalue weighted by atomic mass is 16.5. The molecule has 0 heterocycles. The average molecular weight is 185 g/mol. The maximum Gasteiger partial charge on any atom is 0.332 e. The van der Waals surface area contributed by atoms with Crippen LogP contribution in [0.1, 0.15) is 20.8 Å². The van der Waals surface area contributed by atoms with Crippen molar-refractivity contribution in [1.29, 1.82) is 0 Å². The van der Waals surface area contributed by atoms with Crippen molar-refractivity contribution in [3.63, 3.8) is 0 Å². The van der Waals surface area contributed by atoms with Crippen LogP contribution in [-0.2, 0) is 14.3 Å². The SMILES string of the molecule is COC(=O)/C=C(\C)NC(=O)C(C)C. The van der Waals surface area contributed by atoms with E-state index in [9.17, 15) is 9.59 Å². The number of hydrogen-bond acceptors (Lipinski definition) is 3. The number of allylic oxidation sites excluding steroid dienone is 1. The van der Waals surface area contributed by atoms with Gasteiger partial charge in [-0.3, -0.25) is 4.79 Å². The summed E-state index contributed by atoms with van der Waals surface area (Å²) in [7, 11) is 1.29. The third kappa shape index (κ3) is 5.00. The molecule has 74 valence electrons. The standard InChI is InChI=1S/C9H15NO3/c1-6(2)9(12)10-7(3)5-8(11)13-4/h5-6H,1-4H3,(H,10,12)/b7-5+. The van der Waals surface area contributed by atoms with Crippen LogP contribution in [0.5, 0.6) is 0 Å². The molecule has 0 aliphatic carbocycles. The molecule has 0 radical (unpaired) electrons. The third-order valence-electron chi connectivity index (χ3n) is 1.38. The van der Waals surface area contributed by atoms with Gasteiger partial charge < -0.3 is 10.1 Å². The van der Waals surface area contributed by atoms with Gasteiger partial charge in [0.2, 0.25) is 5.91 Å². The summed E-state index contributed by atoms with van der Waals surface area (Å²) in [5, 5.41) is 2.57. The lowest BCUT2D eigenvalue weighted by molar-refractivity contribution is -0.134. The number of ether oxygens (including phenoxy) is 1. The van der Waals surface area contributed by atoms with Crippen LogP contribution in [0.2, 0.25) is 0 Å². The molecule has 0 rings (SSSR count). The Morgan fingerprint density at radius 3 is 2.31 bits per heavy atom. The second-order valence-electron chi connectivity index (χ2n) is 2.99. The molecule has 4 heteroatoms. The Kier molecular flexibility index (Phi) is 4.80. The number of esters is 1. The first-order valence-electron chi connectivity index (χ1n) is 4.04. The Bertz CT molecular complexity index is 231. The average Bonchev–Trinajstić information content (AvgIpc) is 2.03. The molecule has 0 saturated heterocycles. The van der Waals surface area contributed by atoms with Gasteiger partial charge in [-0.05, 0) is 6.92 Å². The van der Waals surface area contributed by atoms with Gasteiger partial charge in [-0.25, -0.2) is 4.79 Å². The van der Waals surface area contributed by atoms with E-state index in [0.29, 0.717) is 5.70 Å². The van der Waals surface area contributed by atoms with E-state index in [1.54, 1.807) is 20.8 Å². The highest BCUT2D eigenvalue weighted by Gasteiger charge is 2.06. The molecule has 0 aromatic carbocycles. The van der Waals surface area contributed by atoms with Crippen molar-refractivity contribution in [3.8, 4) is 0 Å². The van der Waals surface area contributed by atoms with Gasteiger partial charge in [0.15, 0.2) is 0 Å². The van der Waals surface area contributed by atoms with Crippen LogP contribution >= 0.6 is 0 Å². The van der Waals surface area contributed by atoms with Crippen molar-refractivity contribution in [1.82, 2.24) is 5.32 Å². The molecule has 0 aliphatic heterocycles. The van der Waals surface area contributed by atoms with E-state index in [4.69, 9.17) is 0 Å². The summed E-state index contributed by atoms with van der Waals surface area (Å²) in [6.07, 6.45) is 1.24. The van der Waals surface area contributed by atoms with Crippen LogP contribution < -0.4 is 5.32 Å². The molecule has 0 fully saturated rings. The van der Waals surface area contributed by atoms with Gasteiger partial charge in [-0.15, -0.1) is 0 Å². The number of carbonyl (C=O) groups excluding carboxylic acids is 2. The molecule has 0 saturated carbocycles. The summed E-state index contributed by atoms with van der Waals surface area (Å²) >= 11 is 0. The molecule has 0 bridgehead atoms. The minimum Gasteiger partial charge on any atom is -0.466 e. The third-order valence-corrected chi connectivity index (χ3v) is 1.38. The summed E-state index contributed by atoms with van der Waals surface area (Å²) in [4.78, 5) is 21.8. The number of rotatable bonds is 3. The largest absolute Gasteiger partial charge is 0.466 e. The second kappa shape index (κ2) is 5.35. The lowest BCUT2D eigenvalue weighted by atomic mass is 10.2. The first-order valence-corrected chi connectivity index (χ1v) is 4.04. The summed E-state index contributed by atoms with van der Waals surface area (Å²) in [5.74, 6) is -0.680. The first-order chi connectivity index (χ1) is 5.97. The Balaban J connectivity index is 4.14. The normalized spacial score (nSPS) is 11.3. The summed E-state index contributed by atoms with van der Waals surface area (Å²) in [5.41, 5.74) is 0.491. The smallest absolute Gasteiger partial charge is 0.332 e. The summed E-state index contributed by atoms with van der Waals surface area (Å²) in [6.45, 7) is 5.19. The number of amides is 1. The van der Waals surface area contributed by atoms with Gasteiger partial charge >= 0.3 is 5.97 Å². The lowest BCUT2D eigenvalue weighted by Crippen LogP contribution is -2.26. The fourth-order valence-electron chi connectivity index (χ4n) is 0.610. The molecular formula is C9H15NO3. The Morgan fingerprint density at radius 2 is 1.92 bits per heavy atom. The van der Waals surface area contributed by atoms with Gasteiger partial charge in [0.1, 0.15) is 0 Å². The second-order valence-corrected chi connectivity index (χ2v) is 2.99. The Labute approximate surface area is 78.0 Å². The van der Waals surface area contributed by atoms with E-state index >= 15 is 0 Å². The van der Waals surface area contributed by atoms with Gasteiger partial charge in [-0.2, -0.15) is 0 Å². The highest BCUT2D eigenvalue weighted by Crippen LogP contribution is 1.95. The molecule has 0 aromatic rings. The van der Waals surface area contributed by atoms with Crippen molar-refractivity contribution in [2.24, 2.45) is 5.92 Å². The first kappa shape index (κ1) is 11.7. The minimum absolute atomic E-state index is 0.0963. The highest BCUT2D eigenvalue weighted by molar-refractivity contribution is 5.85. The fourth-order valence-corrected chi connectivity index (χ4v) is 0.610. The maximum absolute atomic E-state index is 11.1. The van der Waals surface area contributed by atoms with Crippen molar-refractivity contribution < 1.29 is 14.3 Å². The van der Waals surface area contributed by atoms with Crippen molar-refractivity contribution in [2.45, 2.75) is 20.8 Å². The molecular weight excluding hydrogens is 170 g/mol. The zero-order chi connectivity index (χ0) is 10.4. The maximum atomic E-state index is 11.1. The predicted octanol–water partition coefficient (Wildman–Crippen LogP) is 0.835. The molecule has 1 N–H and O–H groups in total. The molecule has 0 aliphatic rings. The molecule has 0 unspecified atom stereocenters. The quantitative estimate of drug-likeness (QED) is 0.523. The van der Waals surface area contributed by atoms with Gasteiger partial charge in [-0.1, -0.05) is 13.8 Å². The Hall–Kier alpha value is -1.32. The molecule has 0 aromatic heterocycles. The van der Waals surface area contributed by atoms with Crippen LogP contribution in [0.4, 0.5) is 0 Å². The molecule has 13 heavy (non-hydrogen) atoms. The topological polar surface area (TPSA) is 55.4 Å². The summed E-state index contributed by atoms with van der Waals surface area (Å²) in [6, 6.07) is 0. The monoisotopic (exact) mass is 185 g/mol. The van der Waals surface area contributed by atoms with E-state index in [1.165, 1.54) is 13.2 Å². The zero-order valence-electron chi connectivity index (χ0n) is 8.38. The molecule has 4 nitrogen and oxygen atoms in total. The van der Waals surface area contributed by atoms with E-state index in [-0.39, 0.29) is 11.8 Å². The number of hydrogen-bond donors (Lipinski definition) is 1.